The quantitative estimate of drug-likeness (QED) is 0.814. The van der Waals surface area contributed by atoms with Crippen LogP contribution in [0.15, 0.2) is 36.5 Å². The van der Waals surface area contributed by atoms with Gasteiger partial charge in [-0.3, -0.25) is 9.59 Å². The van der Waals surface area contributed by atoms with Gasteiger partial charge < -0.3 is 10.4 Å². The predicted molar refractivity (Wildman–Crippen MR) is 84.4 cm³/mol. The van der Waals surface area contributed by atoms with Crippen molar-refractivity contribution in [3.63, 3.8) is 0 Å². The lowest BCUT2D eigenvalue weighted by molar-refractivity contribution is -0.138. The number of carbonyl (C=O) groups excluding carboxylic acids is 1. The maximum atomic E-state index is 12.4. The Morgan fingerprint density at radius 1 is 1.22 bits per heavy atom. The van der Waals surface area contributed by atoms with E-state index in [1.54, 1.807) is 0 Å². The number of aromatic nitrogens is 3. The summed E-state index contributed by atoms with van der Waals surface area (Å²) in [4.78, 5) is 23.4. The molecule has 1 amide bonds. The van der Waals surface area contributed by atoms with Gasteiger partial charge in [-0.15, -0.1) is 5.10 Å². The van der Waals surface area contributed by atoms with Crippen LogP contribution in [0.5, 0.6) is 0 Å². The number of carboxylic acids is 1. The Labute approximate surface area is 134 Å². The molecule has 0 atom stereocenters. The van der Waals surface area contributed by atoms with Crippen molar-refractivity contribution in [2.24, 2.45) is 0 Å². The van der Waals surface area contributed by atoms with Crippen LogP contribution in [-0.4, -0.2) is 37.5 Å². The van der Waals surface area contributed by atoms with Crippen molar-refractivity contribution in [2.75, 3.05) is 0 Å². The van der Waals surface area contributed by atoms with Crippen molar-refractivity contribution >= 4 is 11.9 Å². The zero-order chi connectivity index (χ0) is 16.9. The molecule has 122 valence electrons. The number of nitrogens with one attached hydrogen (secondary N) is 1. The second-order valence-electron chi connectivity index (χ2n) is 5.40. The third-order valence-corrected chi connectivity index (χ3v) is 3.97. The van der Waals surface area contributed by atoms with E-state index in [2.05, 4.69) is 15.6 Å². The highest BCUT2D eigenvalue weighted by molar-refractivity contribution is 5.92. The highest BCUT2D eigenvalue weighted by Gasteiger charge is 2.32. The molecule has 0 aliphatic heterocycles. The van der Waals surface area contributed by atoms with Gasteiger partial charge in [0.25, 0.3) is 5.91 Å². The largest absolute Gasteiger partial charge is 0.481 e. The second-order valence-corrected chi connectivity index (χ2v) is 5.40. The molecule has 2 aromatic rings. The van der Waals surface area contributed by atoms with E-state index in [9.17, 15) is 9.59 Å². The fourth-order valence-electron chi connectivity index (χ4n) is 2.39. The van der Waals surface area contributed by atoms with Gasteiger partial charge in [0, 0.05) is 0 Å². The van der Waals surface area contributed by atoms with Crippen molar-refractivity contribution in [1.29, 1.82) is 0 Å². The number of hydrogen-bond donors (Lipinski definition) is 2. The fraction of sp³-hybridized carbons (Fsp3) is 0.375. The number of hydrogen-bond acceptors (Lipinski definition) is 4. The van der Waals surface area contributed by atoms with Crippen molar-refractivity contribution in [2.45, 2.75) is 38.6 Å². The number of rotatable bonds is 7. The van der Waals surface area contributed by atoms with Crippen molar-refractivity contribution in [1.82, 2.24) is 20.3 Å². The smallest absolute Gasteiger partial charge is 0.305 e. The van der Waals surface area contributed by atoms with Crippen LogP contribution in [0.1, 0.15) is 43.6 Å². The minimum atomic E-state index is -0.943. The summed E-state index contributed by atoms with van der Waals surface area (Å²) in [6.45, 7) is 3.71. The zero-order valence-electron chi connectivity index (χ0n) is 13.2. The predicted octanol–water partition coefficient (Wildman–Crippen LogP) is 2.03. The van der Waals surface area contributed by atoms with Gasteiger partial charge in [-0.25, -0.2) is 4.68 Å². The SMILES string of the molecule is CCC(CC)(CC(=O)O)NC(=O)c1cn(-c2ccccc2)nn1. The summed E-state index contributed by atoms with van der Waals surface area (Å²) in [5.41, 5.74) is 0.173. The fourth-order valence-corrected chi connectivity index (χ4v) is 2.39. The lowest BCUT2D eigenvalue weighted by Gasteiger charge is -2.30. The molecule has 23 heavy (non-hydrogen) atoms. The molecule has 0 unspecified atom stereocenters. The lowest BCUT2D eigenvalue weighted by atomic mass is 9.89. The highest BCUT2D eigenvalue weighted by atomic mass is 16.4. The van der Waals surface area contributed by atoms with E-state index < -0.39 is 17.4 Å². The van der Waals surface area contributed by atoms with Crippen molar-refractivity contribution < 1.29 is 14.7 Å². The van der Waals surface area contributed by atoms with Gasteiger partial charge in [0.1, 0.15) is 0 Å². The summed E-state index contributed by atoms with van der Waals surface area (Å²) in [7, 11) is 0. The Hall–Kier alpha value is -2.70. The van der Waals surface area contributed by atoms with E-state index in [0.717, 1.165) is 5.69 Å². The molecule has 0 aliphatic carbocycles. The minimum Gasteiger partial charge on any atom is -0.481 e. The molecule has 7 nitrogen and oxygen atoms in total. The van der Waals surface area contributed by atoms with E-state index in [4.69, 9.17) is 5.11 Å². The molecule has 0 saturated carbocycles. The average molecular weight is 316 g/mol. The number of benzene rings is 1. The summed E-state index contributed by atoms with van der Waals surface area (Å²) >= 11 is 0. The van der Waals surface area contributed by atoms with Crippen molar-refractivity contribution in [3.8, 4) is 5.69 Å². The summed E-state index contributed by atoms with van der Waals surface area (Å²) < 4.78 is 1.51. The molecule has 0 bridgehead atoms. The Balaban J connectivity index is 2.17. The van der Waals surface area contributed by atoms with Crippen molar-refractivity contribution in [3.05, 3.63) is 42.2 Å². The third-order valence-electron chi connectivity index (χ3n) is 3.97. The molecule has 1 aromatic carbocycles. The van der Waals surface area contributed by atoms with Crippen LogP contribution in [0, 0.1) is 0 Å². The molecule has 1 heterocycles. The van der Waals surface area contributed by atoms with Gasteiger partial charge in [0.15, 0.2) is 5.69 Å². The van der Waals surface area contributed by atoms with Gasteiger partial charge in [-0.2, -0.15) is 0 Å². The highest BCUT2D eigenvalue weighted by Crippen LogP contribution is 2.20. The zero-order valence-corrected chi connectivity index (χ0v) is 13.2. The summed E-state index contributed by atoms with van der Waals surface area (Å²) in [5.74, 6) is -1.36. The molecule has 0 spiro atoms. The van der Waals surface area contributed by atoms with E-state index >= 15 is 0 Å². The van der Waals surface area contributed by atoms with Crippen LogP contribution >= 0.6 is 0 Å². The molecule has 0 radical (unpaired) electrons. The van der Waals surface area contributed by atoms with E-state index in [1.807, 2.05) is 44.2 Å². The lowest BCUT2D eigenvalue weighted by Crippen LogP contribution is -2.49. The van der Waals surface area contributed by atoms with Crippen LogP contribution in [0.4, 0.5) is 0 Å². The number of para-hydroxylation sites is 1. The Bertz CT molecular complexity index is 678. The maximum Gasteiger partial charge on any atom is 0.305 e. The average Bonchev–Trinajstić information content (AvgIpc) is 3.04. The monoisotopic (exact) mass is 316 g/mol. The molecule has 2 N–H and O–H groups in total. The standard InChI is InChI=1S/C16H20N4O3/c1-3-16(4-2,10-14(21)22)17-15(23)13-11-20(19-18-13)12-8-6-5-7-9-12/h5-9,11H,3-4,10H2,1-2H3,(H,17,23)(H,21,22). The van der Waals surface area contributed by atoms with Crippen LogP contribution in [-0.2, 0) is 4.79 Å². The molecule has 0 aliphatic rings. The Morgan fingerprint density at radius 3 is 2.43 bits per heavy atom. The molecular weight excluding hydrogens is 296 g/mol. The van der Waals surface area contributed by atoms with Crippen LogP contribution in [0.25, 0.3) is 5.69 Å². The molecular formula is C16H20N4O3. The number of aliphatic carboxylic acids is 1. The van der Waals surface area contributed by atoms with E-state index in [-0.39, 0.29) is 12.1 Å². The van der Waals surface area contributed by atoms with Gasteiger partial charge >= 0.3 is 5.97 Å². The van der Waals surface area contributed by atoms with E-state index in [0.29, 0.717) is 12.8 Å². The first-order valence-corrected chi connectivity index (χ1v) is 7.52. The van der Waals surface area contributed by atoms with Gasteiger partial charge in [-0.1, -0.05) is 37.3 Å². The minimum absolute atomic E-state index is 0.126. The number of carbonyl (C=O) groups is 2. The Morgan fingerprint density at radius 2 is 1.87 bits per heavy atom. The van der Waals surface area contributed by atoms with Gasteiger partial charge in [0.2, 0.25) is 0 Å². The van der Waals surface area contributed by atoms with Crippen LogP contribution in [0.2, 0.25) is 0 Å². The first-order valence-electron chi connectivity index (χ1n) is 7.52. The Kier molecular flexibility index (Phi) is 5.10. The first kappa shape index (κ1) is 16.7. The molecule has 1 aromatic heterocycles. The molecule has 0 saturated heterocycles. The summed E-state index contributed by atoms with van der Waals surface area (Å²) in [6.07, 6.45) is 2.45. The number of nitrogens with zero attached hydrogens (tertiary/aromatic N) is 3. The molecule has 7 heteroatoms. The summed E-state index contributed by atoms with van der Waals surface area (Å²) in [6, 6.07) is 9.31. The molecule has 2 rings (SSSR count). The van der Waals surface area contributed by atoms with Crippen LogP contribution < -0.4 is 5.32 Å². The normalized spacial score (nSPS) is 11.2. The van der Waals surface area contributed by atoms with Crippen LogP contribution in [0.3, 0.4) is 0 Å². The first-order chi connectivity index (χ1) is 11.0. The topological polar surface area (TPSA) is 97.1 Å². The van der Waals surface area contributed by atoms with Gasteiger partial charge in [-0.05, 0) is 25.0 Å². The summed E-state index contributed by atoms with van der Waals surface area (Å²) in [5, 5.41) is 19.7. The third kappa shape index (κ3) is 3.94. The maximum absolute atomic E-state index is 12.4. The van der Waals surface area contributed by atoms with E-state index in [1.165, 1.54) is 10.9 Å². The number of amides is 1. The van der Waals surface area contributed by atoms with Gasteiger partial charge in [0.05, 0.1) is 23.8 Å². The number of carboxylic acid groups (broad SMARTS) is 1. The molecule has 0 fully saturated rings. The second kappa shape index (κ2) is 7.04.